The van der Waals surface area contributed by atoms with Crippen LogP contribution in [0.15, 0.2) is 42.5 Å². The van der Waals surface area contributed by atoms with Gasteiger partial charge in [-0.2, -0.15) is 0 Å². The van der Waals surface area contributed by atoms with Crippen LogP contribution in [0.1, 0.15) is 43.1 Å². The van der Waals surface area contributed by atoms with E-state index in [1.54, 1.807) is 6.07 Å². The van der Waals surface area contributed by atoms with Crippen molar-refractivity contribution in [2.24, 2.45) is 0 Å². The Hall–Kier alpha value is -2.43. The molecule has 1 fully saturated rings. The number of carbonyl (C=O) groups is 1. The third-order valence-electron chi connectivity index (χ3n) is 4.23. The molecule has 1 amide bonds. The van der Waals surface area contributed by atoms with Crippen molar-refractivity contribution in [3.63, 3.8) is 0 Å². The minimum Gasteiger partial charge on any atom is -0.348 e. The van der Waals surface area contributed by atoms with Crippen LogP contribution in [-0.2, 0) is 0 Å². The van der Waals surface area contributed by atoms with E-state index in [0.717, 1.165) is 30.9 Å². The Balaban J connectivity index is 1.71. The summed E-state index contributed by atoms with van der Waals surface area (Å²) in [4.78, 5) is 14.3. The van der Waals surface area contributed by atoms with Crippen LogP contribution in [0.25, 0.3) is 0 Å². The van der Waals surface area contributed by atoms with E-state index in [-0.39, 0.29) is 5.91 Å². The van der Waals surface area contributed by atoms with Gasteiger partial charge < -0.3 is 10.2 Å². The first-order valence-electron chi connectivity index (χ1n) is 8.25. The Kier molecular flexibility index (Phi) is 4.86. The minimum absolute atomic E-state index is 0.126. The molecule has 0 aliphatic heterocycles. The number of anilines is 2. The summed E-state index contributed by atoms with van der Waals surface area (Å²) in [7, 11) is 0. The summed E-state index contributed by atoms with van der Waals surface area (Å²) < 4.78 is 0. The van der Waals surface area contributed by atoms with Crippen LogP contribution in [0.2, 0.25) is 0 Å². The van der Waals surface area contributed by atoms with Gasteiger partial charge in [-0.3, -0.25) is 4.79 Å². The number of hydrogen-bond acceptors (Lipinski definition) is 4. The van der Waals surface area contributed by atoms with Gasteiger partial charge in [0.1, 0.15) is 0 Å². The van der Waals surface area contributed by atoms with Gasteiger partial charge in [0.2, 0.25) is 0 Å². The highest BCUT2D eigenvalue weighted by molar-refractivity contribution is 5.92. The van der Waals surface area contributed by atoms with Crippen LogP contribution in [0.5, 0.6) is 0 Å². The Morgan fingerprint density at radius 2 is 1.87 bits per heavy atom. The summed E-state index contributed by atoms with van der Waals surface area (Å²) >= 11 is 0. The molecule has 1 heterocycles. The molecule has 0 atom stereocenters. The first kappa shape index (κ1) is 15.5. The molecule has 5 nitrogen and oxygen atoms in total. The van der Waals surface area contributed by atoms with Gasteiger partial charge in [-0.1, -0.05) is 31.0 Å². The van der Waals surface area contributed by atoms with E-state index >= 15 is 0 Å². The van der Waals surface area contributed by atoms with E-state index in [2.05, 4.69) is 27.3 Å². The average molecular weight is 310 g/mol. The van der Waals surface area contributed by atoms with Gasteiger partial charge in [-0.15, -0.1) is 10.2 Å². The zero-order chi connectivity index (χ0) is 16.1. The number of carbonyl (C=O) groups excluding carboxylic acids is 1. The Morgan fingerprint density at radius 1 is 1.13 bits per heavy atom. The van der Waals surface area contributed by atoms with Crippen molar-refractivity contribution in [3.8, 4) is 0 Å². The number of aromatic nitrogens is 2. The van der Waals surface area contributed by atoms with Crippen LogP contribution >= 0.6 is 0 Å². The Bertz CT molecular complexity index is 636. The predicted octanol–water partition coefficient (Wildman–Crippen LogP) is 3.31. The molecule has 1 saturated carbocycles. The van der Waals surface area contributed by atoms with E-state index < -0.39 is 0 Å². The monoisotopic (exact) mass is 310 g/mol. The van der Waals surface area contributed by atoms with Crippen LogP contribution in [0.3, 0.4) is 0 Å². The normalized spacial score (nSPS) is 14.7. The highest BCUT2D eigenvalue weighted by Crippen LogP contribution is 2.22. The third-order valence-corrected chi connectivity index (χ3v) is 4.23. The highest BCUT2D eigenvalue weighted by Gasteiger charge is 2.19. The fourth-order valence-corrected chi connectivity index (χ4v) is 3.00. The summed E-state index contributed by atoms with van der Waals surface area (Å²) in [6.07, 6.45) is 4.51. The second-order valence-electron chi connectivity index (χ2n) is 5.81. The number of para-hydroxylation sites is 1. The molecule has 3 rings (SSSR count). The lowest BCUT2D eigenvalue weighted by atomic mass is 10.2. The maximum atomic E-state index is 12.2. The number of benzene rings is 1. The Morgan fingerprint density at radius 3 is 2.48 bits per heavy atom. The van der Waals surface area contributed by atoms with Crippen molar-refractivity contribution in [1.82, 2.24) is 15.5 Å². The van der Waals surface area contributed by atoms with Gasteiger partial charge in [-0.05, 0) is 44.0 Å². The number of rotatable bonds is 5. The largest absolute Gasteiger partial charge is 0.348 e. The molecule has 0 saturated heterocycles. The van der Waals surface area contributed by atoms with Crippen LogP contribution in [-0.4, -0.2) is 28.7 Å². The summed E-state index contributed by atoms with van der Waals surface area (Å²) in [5.74, 6) is 0.620. The summed E-state index contributed by atoms with van der Waals surface area (Å²) in [6.45, 7) is 2.85. The van der Waals surface area contributed by atoms with Crippen LogP contribution < -0.4 is 10.2 Å². The first-order chi connectivity index (χ1) is 11.3. The molecular formula is C18H22N4O. The number of amides is 1. The van der Waals surface area contributed by atoms with Gasteiger partial charge in [-0.25, -0.2) is 0 Å². The molecule has 120 valence electrons. The number of nitrogens with one attached hydrogen (secondary N) is 1. The van der Waals surface area contributed by atoms with Crippen molar-refractivity contribution in [3.05, 3.63) is 48.2 Å². The van der Waals surface area contributed by atoms with Gasteiger partial charge in [0.05, 0.1) is 0 Å². The summed E-state index contributed by atoms with van der Waals surface area (Å²) in [5.41, 5.74) is 1.44. The molecule has 1 N–H and O–H groups in total. The third kappa shape index (κ3) is 3.67. The van der Waals surface area contributed by atoms with E-state index in [4.69, 9.17) is 0 Å². The zero-order valence-electron chi connectivity index (χ0n) is 13.4. The molecule has 1 aromatic heterocycles. The van der Waals surface area contributed by atoms with Crippen molar-refractivity contribution in [1.29, 1.82) is 0 Å². The van der Waals surface area contributed by atoms with Crippen molar-refractivity contribution < 1.29 is 4.79 Å². The molecule has 1 aliphatic rings. The van der Waals surface area contributed by atoms with Gasteiger partial charge in [0, 0.05) is 18.3 Å². The molecule has 1 aliphatic carbocycles. The molecule has 0 unspecified atom stereocenters. The smallest absolute Gasteiger partial charge is 0.272 e. The van der Waals surface area contributed by atoms with E-state index in [9.17, 15) is 4.79 Å². The summed E-state index contributed by atoms with van der Waals surface area (Å²) in [6, 6.07) is 13.9. The van der Waals surface area contributed by atoms with E-state index in [1.807, 2.05) is 36.4 Å². The number of hydrogen-bond donors (Lipinski definition) is 1. The summed E-state index contributed by atoms with van der Waals surface area (Å²) in [5, 5.41) is 11.4. The Labute approximate surface area is 136 Å². The fraction of sp³-hybridized carbons (Fsp3) is 0.389. The molecule has 0 bridgehead atoms. The van der Waals surface area contributed by atoms with Gasteiger partial charge in [0.25, 0.3) is 5.91 Å². The predicted molar refractivity (Wildman–Crippen MR) is 90.9 cm³/mol. The van der Waals surface area contributed by atoms with Gasteiger partial charge >= 0.3 is 0 Å². The molecule has 1 aromatic carbocycles. The second kappa shape index (κ2) is 7.22. The van der Waals surface area contributed by atoms with Crippen LogP contribution in [0, 0.1) is 0 Å². The topological polar surface area (TPSA) is 58.1 Å². The molecule has 5 heteroatoms. The standard InChI is InChI=1S/C18H22N4O/c1-2-22(15-10-4-3-5-11-15)17-13-12-16(20-21-17)18(23)19-14-8-6-7-9-14/h3-5,10-14H,2,6-9H2,1H3,(H,19,23). The maximum Gasteiger partial charge on any atom is 0.272 e. The molecule has 23 heavy (non-hydrogen) atoms. The lowest BCUT2D eigenvalue weighted by Gasteiger charge is -2.21. The minimum atomic E-state index is -0.126. The lowest BCUT2D eigenvalue weighted by molar-refractivity contribution is 0.0932. The van der Waals surface area contributed by atoms with E-state index in [0.29, 0.717) is 11.7 Å². The maximum absolute atomic E-state index is 12.2. The quantitative estimate of drug-likeness (QED) is 0.920. The second-order valence-corrected chi connectivity index (χ2v) is 5.81. The zero-order valence-corrected chi connectivity index (χ0v) is 13.4. The van der Waals surface area contributed by atoms with Crippen LogP contribution in [0.4, 0.5) is 11.5 Å². The molecule has 2 aromatic rings. The van der Waals surface area contributed by atoms with E-state index in [1.165, 1.54) is 12.8 Å². The van der Waals surface area contributed by atoms with Crippen molar-refractivity contribution in [2.45, 2.75) is 38.6 Å². The molecular weight excluding hydrogens is 288 g/mol. The first-order valence-corrected chi connectivity index (χ1v) is 8.25. The average Bonchev–Trinajstić information content (AvgIpc) is 3.10. The molecule has 0 radical (unpaired) electrons. The van der Waals surface area contributed by atoms with Crippen molar-refractivity contribution >= 4 is 17.4 Å². The number of nitrogens with zero attached hydrogens (tertiary/aromatic N) is 3. The SMILES string of the molecule is CCN(c1ccccc1)c1ccc(C(=O)NC2CCCC2)nn1. The van der Waals surface area contributed by atoms with Gasteiger partial charge in [0.15, 0.2) is 11.5 Å². The van der Waals surface area contributed by atoms with Crippen molar-refractivity contribution in [2.75, 3.05) is 11.4 Å². The lowest BCUT2D eigenvalue weighted by Crippen LogP contribution is -2.33. The fourth-order valence-electron chi connectivity index (χ4n) is 3.00. The molecule has 0 spiro atoms. The highest BCUT2D eigenvalue weighted by atomic mass is 16.2.